The molecule has 0 amide bonds. The van der Waals surface area contributed by atoms with E-state index in [0.717, 1.165) is 33.1 Å². The minimum atomic E-state index is -2.73. The molecule has 44 heavy (non-hydrogen) atoms. The van der Waals surface area contributed by atoms with E-state index in [1.807, 2.05) is 24.3 Å². The molecular formula is C36H44BIO5Si. The Balaban J connectivity index is 1.57. The number of halogens is 1. The second-order valence-corrected chi connectivity index (χ2v) is 17.7. The molecule has 0 bridgehead atoms. The molecule has 1 unspecified atom stereocenters. The summed E-state index contributed by atoms with van der Waals surface area (Å²) in [5, 5.41) is 23.0. The van der Waals surface area contributed by atoms with Gasteiger partial charge in [-0.05, 0) is 86.1 Å². The van der Waals surface area contributed by atoms with Crippen molar-refractivity contribution in [3.8, 4) is 11.5 Å². The molecule has 1 aliphatic rings. The molecule has 3 aromatic rings. The molecule has 232 valence electrons. The molecule has 0 aliphatic carbocycles. The van der Waals surface area contributed by atoms with Gasteiger partial charge in [-0.15, -0.1) is 0 Å². The lowest BCUT2D eigenvalue weighted by atomic mass is 9.78. The van der Waals surface area contributed by atoms with Crippen LogP contribution in [-0.2, 0) is 9.08 Å². The van der Waals surface area contributed by atoms with Crippen molar-refractivity contribution in [2.45, 2.75) is 64.4 Å². The minimum absolute atomic E-state index is 0.140. The molecule has 0 spiro atoms. The van der Waals surface area contributed by atoms with Gasteiger partial charge in [-0.1, -0.05) is 113 Å². The number of benzene rings is 3. The number of aromatic hydroxyl groups is 1. The highest BCUT2D eigenvalue weighted by atomic mass is 127. The molecule has 3 aromatic carbocycles. The Morgan fingerprint density at radius 3 is 2.25 bits per heavy atom. The van der Waals surface area contributed by atoms with E-state index in [1.165, 1.54) is 15.9 Å². The van der Waals surface area contributed by atoms with E-state index in [4.69, 9.17) is 13.8 Å². The van der Waals surface area contributed by atoms with E-state index in [1.54, 1.807) is 7.11 Å². The monoisotopic (exact) mass is 722 g/mol. The van der Waals surface area contributed by atoms with Crippen LogP contribution in [0.3, 0.4) is 0 Å². The molecule has 0 aromatic heterocycles. The summed E-state index contributed by atoms with van der Waals surface area (Å²) in [7, 11) is -2.01. The number of ether oxygens (including phenoxy) is 1. The number of rotatable bonds is 12. The molecule has 0 saturated heterocycles. The zero-order valence-electron chi connectivity index (χ0n) is 26.5. The topological polar surface area (TPSA) is 68.2 Å². The largest absolute Gasteiger partial charge is 0.504 e. The van der Waals surface area contributed by atoms with Crippen LogP contribution in [0.25, 0.3) is 6.08 Å². The molecule has 4 rings (SSSR count). The number of phenols is 1. The van der Waals surface area contributed by atoms with Crippen molar-refractivity contribution in [3.05, 3.63) is 111 Å². The van der Waals surface area contributed by atoms with Crippen molar-refractivity contribution in [2.24, 2.45) is 0 Å². The zero-order valence-corrected chi connectivity index (χ0v) is 29.6. The summed E-state index contributed by atoms with van der Waals surface area (Å²) in [4.78, 5) is 0. The number of hydrogen-bond donors (Lipinski definition) is 2. The summed E-state index contributed by atoms with van der Waals surface area (Å²) in [5.74, 6) is 0.612. The van der Waals surface area contributed by atoms with Gasteiger partial charge >= 0.3 is 7.12 Å². The normalized spacial score (nSPS) is 16.1. The van der Waals surface area contributed by atoms with Crippen molar-refractivity contribution >= 4 is 54.5 Å². The first-order valence-corrected chi connectivity index (χ1v) is 18.2. The highest BCUT2D eigenvalue weighted by molar-refractivity contribution is 14.1. The maximum atomic E-state index is 10.4. The number of methoxy groups -OCH3 is 1. The Morgan fingerprint density at radius 1 is 1.09 bits per heavy atom. The lowest BCUT2D eigenvalue weighted by molar-refractivity contribution is 0.181. The maximum Gasteiger partial charge on any atom is 0.458 e. The van der Waals surface area contributed by atoms with Gasteiger partial charge in [0, 0.05) is 6.32 Å². The molecule has 8 heteroatoms. The first kappa shape index (κ1) is 34.2. The predicted octanol–water partition coefficient (Wildman–Crippen LogP) is 7.52. The third kappa shape index (κ3) is 7.77. The molecule has 0 radical (unpaired) electrons. The number of phenolic OH excluding ortho intramolecular Hbond substituents is 1. The van der Waals surface area contributed by atoms with E-state index >= 15 is 0 Å². The van der Waals surface area contributed by atoms with Gasteiger partial charge in [-0.25, -0.2) is 0 Å². The molecule has 5 nitrogen and oxygen atoms in total. The van der Waals surface area contributed by atoms with Crippen LogP contribution >= 0.6 is 22.6 Å². The van der Waals surface area contributed by atoms with E-state index in [9.17, 15) is 10.1 Å². The lowest BCUT2D eigenvalue weighted by Crippen LogP contribution is -2.66. The van der Waals surface area contributed by atoms with Crippen molar-refractivity contribution in [1.29, 1.82) is 0 Å². The summed E-state index contributed by atoms with van der Waals surface area (Å²) in [6, 6.07) is 25.0. The van der Waals surface area contributed by atoms with Crippen LogP contribution in [0, 0.1) is 3.57 Å². The Labute approximate surface area is 278 Å². The molecule has 2 N–H and O–H groups in total. The lowest BCUT2D eigenvalue weighted by Gasteiger charge is -2.43. The summed E-state index contributed by atoms with van der Waals surface area (Å²) in [6.07, 6.45) is 6.70. The van der Waals surface area contributed by atoms with Crippen LogP contribution < -0.4 is 15.1 Å². The third-order valence-corrected chi connectivity index (χ3v) is 14.1. The quantitative estimate of drug-likeness (QED) is 0.150. The van der Waals surface area contributed by atoms with E-state index in [2.05, 4.69) is 118 Å². The smallest absolute Gasteiger partial charge is 0.458 e. The van der Waals surface area contributed by atoms with Crippen molar-refractivity contribution in [2.75, 3.05) is 13.7 Å². The van der Waals surface area contributed by atoms with Gasteiger partial charge in [-0.3, -0.25) is 0 Å². The van der Waals surface area contributed by atoms with E-state index in [0.29, 0.717) is 25.1 Å². The minimum Gasteiger partial charge on any atom is -0.504 e. The molecular weight excluding hydrogens is 678 g/mol. The first-order chi connectivity index (χ1) is 21.0. The number of hydrogen-bond acceptors (Lipinski definition) is 5. The summed E-state index contributed by atoms with van der Waals surface area (Å²) in [5.41, 5.74) is 4.11. The fourth-order valence-electron chi connectivity index (χ4n) is 6.05. The summed E-state index contributed by atoms with van der Waals surface area (Å²) < 4.78 is 19.4. The van der Waals surface area contributed by atoms with Crippen LogP contribution in [0.4, 0.5) is 0 Å². The average Bonchev–Trinajstić information content (AvgIpc) is 3.01. The fraction of sp³-hybridized carbons (Fsp3) is 0.333. The van der Waals surface area contributed by atoms with Crippen LogP contribution in [0.1, 0.15) is 52.5 Å². The SMILES string of the molecule is C=C(CO[Si](c1ccccc1)(c1ccccc1)C(C)(C)C)C1=CCB(O)OC1CC/C(=C/c1cc(I)c(O)c(OC)c1)CC. The zero-order chi connectivity index (χ0) is 31.9. The Bertz CT molecular complexity index is 1440. The molecule has 0 saturated carbocycles. The highest BCUT2D eigenvalue weighted by Crippen LogP contribution is 2.38. The van der Waals surface area contributed by atoms with Gasteiger partial charge < -0.3 is 23.9 Å². The predicted molar refractivity (Wildman–Crippen MR) is 193 cm³/mol. The summed E-state index contributed by atoms with van der Waals surface area (Å²) >= 11 is 2.12. The number of allylic oxidation sites excluding steroid dienone is 2. The van der Waals surface area contributed by atoms with Gasteiger partial charge in [0.2, 0.25) is 0 Å². The molecule has 1 heterocycles. The van der Waals surface area contributed by atoms with Gasteiger partial charge in [0.15, 0.2) is 11.5 Å². The summed E-state index contributed by atoms with van der Waals surface area (Å²) in [6.45, 7) is 13.8. The Kier molecular flexibility index (Phi) is 11.8. The third-order valence-electron chi connectivity index (χ3n) is 8.32. The Hall–Kier alpha value is -2.63. The van der Waals surface area contributed by atoms with Crippen LogP contribution in [0.5, 0.6) is 11.5 Å². The molecule has 0 fully saturated rings. The van der Waals surface area contributed by atoms with E-state index in [-0.39, 0.29) is 16.9 Å². The highest BCUT2D eigenvalue weighted by Gasteiger charge is 2.50. The van der Waals surface area contributed by atoms with Crippen LogP contribution in [-0.4, -0.2) is 45.4 Å². The second kappa shape index (κ2) is 15.1. The van der Waals surface area contributed by atoms with Gasteiger partial charge in [-0.2, -0.15) is 0 Å². The molecule has 1 aliphatic heterocycles. The van der Waals surface area contributed by atoms with Crippen LogP contribution in [0.15, 0.2) is 102 Å². The van der Waals surface area contributed by atoms with Gasteiger partial charge in [0.25, 0.3) is 8.32 Å². The van der Waals surface area contributed by atoms with E-state index < -0.39 is 15.4 Å². The maximum absolute atomic E-state index is 10.4. The van der Waals surface area contributed by atoms with Crippen molar-refractivity contribution in [3.63, 3.8) is 0 Å². The van der Waals surface area contributed by atoms with Gasteiger partial charge in [0.1, 0.15) is 0 Å². The van der Waals surface area contributed by atoms with Crippen molar-refractivity contribution in [1.82, 2.24) is 0 Å². The van der Waals surface area contributed by atoms with Crippen molar-refractivity contribution < 1.29 is 23.9 Å². The van der Waals surface area contributed by atoms with Crippen LogP contribution in [0.2, 0.25) is 11.4 Å². The molecule has 1 atom stereocenters. The Morgan fingerprint density at radius 2 is 1.70 bits per heavy atom. The second-order valence-electron chi connectivity index (χ2n) is 12.3. The standard InChI is InChI=1S/C36H44BIO5Si/c1-7-27(22-28-23-32(38)35(39)34(24-28)41-6)18-19-33-31(20-21-37(40)43-33)26(2)25-42-44(36(3,4)5,29-14-10-8-11-15-29)30-16-12-9-13-17-30/h8-17,20,22-24,33,39-40H,2,7,18-19,21,25H2,1,3-6H3/b27-22+. The fourth-order valence-corrected chi connectivity index (χ4v) is 11.2. The van der Waals surface area contributed by atoms with Gasteiger partial charge in [0.05, 0.1) is 23.4 Å². The first-order valence-electron chi connectivity index (χ1n) is 15.2. The average molecular weight is 723 g/mol.